The van der Waals surface area contributed by atoms with Crippen molar-refractivity contribution in [3.05, 3.63) is 60.8 Å². The lowest BCUT2D eigenvalue weighted by molar-refractivity contribution is -0.123. The van der Waals surface area contributed by atoms with E-state index in [0.29, 0.717) is 12.8 Å². The van der Waals surface area contributed by atoms with Gasteiger partial charge in [-0.3, -0.25) is 4.79 Å². The van der Waals surface area contributed by atoms with Crippen LogP contribution in [0.1, 0.15) is 245 Å². The number of aliphatic hydroxyl groups excluding tert-OH is 2. The fraction of sp³-hybridized carbons (Fsp3) is 0.788. The molecule has 1 amide bonds. The Labute approximate surface area is 349 Å². The number of carbonyl (C=O) groups excluding carboxylic acids is 1. The quantitative estimate of drug-likeness (QED) is 0.0426. The molecule has 0 aliphatic carbocycles. The van der Waals surface area contributed by atoms with Gasteiger partial charge in [0.15, 0.2) is 0 Å². The summed E-state index contributed by atoms with van der Waals surface area (Å²) in [5, 5.41) is 23.2. The van der Waals surface area contributed by atoms with E-state index >= 15 is 0 Å². The smallest absolute Gasteiger partial charge is 0.220 e. The predicted molar refractivity (Wildman–Crippen MR) is 248 cm³/mol. The fourth-order valence-electron chi connectivity index (χ4n) is 7.33. The molecule has 0 saturated carbocycles. The first-order chi connectivity index (χ1) is 27.7. The molecule has 0 radical (unpaired) electrons. The molecule has 0 aromatic carbocycles. The van der Waals surface area contributed by atoms with Gasteiger partial charge in [0.2, 0.25) is 5.91 Å². The third kappa shape index (κ3) is 43.2. The number of amides is 1. The summed E-state index contributed by atoms with van der Waals surface area (Å²) < 4.78 is 0. The number of allylic oxidation sites excluding steroid dienone is 10. The molecule has 0 aromatic heterocycles. The lowest BCUT2D eigenvalue weighted by atomic mass is 10.0. The lowest BCUT2D eigenvalue weighted by Gasteiger charge is -2.22. The van der Waals surface area contributed by atoms with Crippen molar-refractivity contribution in [2.75, 3.05) is 6.61 Å². The summed E-state index contributed by atoms with van der Waals surface area (Å²) >= 11 is 0. The van der Waals surface area contributed by atoms with Crippen molar-refractivity contribution in [3.63, 3.8) is 0 Å². The average molecular weight is 782 g/mol. The lowest BCUT2D eigenvalue weighted by Crippen LogP contribution is -2.45. The van der Waals surface area contributed by atoms with Crippen LogP contribution < -0.4 is 5.32 Å². The minimum absolute atomic E-state index is 0.0326. The van der Waals surface area contributed by atoms with E-state index < -0.39 is 12.1 Å². The zero-order valence-corrected chi connectivity index (χ0v) is 37.4. The molecule has 0 aliphatic rings. The molecular formula is C52H95NO3. The summed E-state index contributed by atoms with van der Waals surface area (Å²) in [5.41, 5.74) is 0. The van der Waals surface area contributed by atoms with Crippen LogP contribution in [0, 0.1) is 0 Å². The van der Waals surface area contributed by atoms with Gasteiger partial charge in [-0.2, -0.15) is 0 Å². The number of hydrogen-bond acceptors (Lipinski definition) is 3. The van der Waals surface area contributed by atoms with Crippen molar-refractivity contribution >= 4 is 5.91 Å². The number of aliphatic hydroxyl groups is 2. The van der Waals surface area contributed by atoms with Crippen molar-refractivity contribution in [1.82, 2.24) is 5.32 Å². The van der Waals surface area contributed by atoms with Gasteiger partial charge in [-0.25, -0.2) is 0 Å². The van der Waals surface area contributed by atoms with Gasteiger partial charge in [-0.05, 0) is 57.8 Å². The maximum absolute atomic E-state index is 12.4. The van der Waals surface area contributed by atoms with E-state index in [1.165, 1.54) is 161 Å². The first kappa shape index (κ1) is 54.1. The number of unbranched alkanes of at least 4 members (excludes halogenated alkanes) is 27. The molecule has 0 spiro atoms. The number of hydrogen-bond donors (Lipinski definition) is 3. The molecule has 0 fully saturated rings. The topological polar surface area (TPSA) is 69.6 Å². The number of nitrogens with one attached hydrogen (secondary N) is 1. The summed E-state index contributed by atoms with van der Waals surface area (Å²) in [6, 6.07) is -0.537. The summed E-state index contributed by atoms with van der Waals surface area (Å²) in [6.07, 6.45) is 66.0. The minimum atomic E-state index is -0.659. The van der Waals surface area contributed by atoms with Gasteiger partial charge in [0.1, 0.15) is 0 Å². The van der Waals surface area contributed by atoms with Crippen LogP contribution >= 0.6 is 0 Å². The molecule has 0 aliphatic heterocycles. The van der Waals surface area contributed by atoms with Crippen LogP contribution in [0.5, 0.6) is 0 Å². The Hall–Kier alpha value is -1.91. The number of rotatable bonds is 44. The maximum Gasteiger partial charge on any atom is 0.220 e. The van der Waals surface area contributed by atoms with Crippen LogP contribution in [0.3, 0.4) is 0 Å². The van der Waals surface area contributed by atoms with Gasteiger partial charge in [-0.15, -0.1) is 0 Å². The molecule has 3 N–H and O–H groups in total. The molecule has 0 heterocycles. The molecule has 0 bridgehead atoms. The summed E-state index contributed by atoms with van der Waals surface area (Å²) in [6.45, 7) is 4.25. The molecule has 4 heteroatoms. The van der Waals surface area contributed by atoms with Crippen LogP contribution in [0.2, 0.25) is 0 Å². The van der Waals surface area contributed by atoms with Crippen molar-refractivity contribution in [2.45, 2.75) is 257 Å². The van der Waals surface area contributed by atoms with Crippen LogP contribution in [0.25, 0.3) is 0 Å². The predicted octanol–water partition coefficient (Wildman–Crippen LogP) is 15.7. The van der Waals surface area contributed by atoms with Crippen LogP contribution in [0.4, 0.5) is 0 Å². The highest BCUT2D eigenvalue weighted by atomic mass is 16.3. The van der Waals surface area contributed by atoms with Gasteiger partial charge in [0.25, 0.3) is 0 Å². The average Bonchev–Trinajstić information content (AvgIpc) is 3.20. The molecule has 56 heavy (non-hydrogen) atoms. The maximum atomic E-state index is 12.4. The third-order valence-corrected chi connectivity index (χ3v) is 11.0. The molecule has 4 nitrogen and oxygen atoms in total. The van der Waals surface area contributed by atoms with E-state index in [1.54, 1.807) is 0 Å². The van der Waals surface area contributed by atoms with Crippen LogP contribution in [0.15, 0.2) is 60.8 Å². The summed E-state index contributed by atoms with van der Waals surface area (Å²) in [4.78, 5) is 12.4. The van der Waals surface area contributed by atoms with Gasteiger partial charge in [0.05, 0.1) is 18.8 Å². The Morgan fingerprint density at radius 3 is 1.18 bits per heavy atom. The first-order valence-electron chi connectivity index (χ1n) is 24.5. The van der Waals surface area contributed by atoms with Crippen molar-refractivity contribution in [1.29, 1.82) is 0 Å². The fourth-order valence-corrected chi connectivity index (χ4v) is 7.33. The Kier molecular flexibility index (Phi) is 45.8. The zero-order chi connectivity index (χ0) is 40.7. The van der Waals surface area contributed by atoms with Crippen LogP contribution in [-0.4, -0.2) is 34.9 Å². The molecule has 2 atom stereocenters. The number of carbonyl (C=O) groups is 1. The Balaban J connectivity index is 3.47. The normalized spacial score (nSPS) is 13.4. The van der Waals surface area contributed by atoms with Crippen molar-refractivity contribution < 1.29 is 15.0 Å². The van der Waals surface area contributed by atoms with E-state index in [0.717, 1.165) is 57.8 Å². The van der Waals surface area contributed by atoms with E-state index in [2.05, 4.69) is 79.9 Å². The van der Waals surface area contributed by atoms with Gasteiger partial charge < -0.3 is 15.5 Å². The van der Waals surface area contributed by atoms with Crippen LogP contribution in [-0.2, 0) is 4.79 Å². The second-order valence-electron chi connectivity index (χ2n) is 16.5. The van der Waals surface area contributed by atoms with E-state index in [1.807, 2.05) is 0 Å². The first-order valence-corrected chi connectivity index (χ1v) is 24.5. The van der Waals surface area contributed by atoms with E-state index in [9.17, 15) is 15.0 Å². The second kappa shape index (κ2) is 47.5. The van der Waals surface area contributed by atoms with Gasteiger partial charge in [0, 0.05) is 6.42 Å². The minimum Gasteiger partial charge on any atom is -0.394 e. The zero-order valence-electron chi connectivity index (χ0n) is 37.4. The highest BCUT2D eigenvalue weighted by molar-refractivity contribution is 5.76. The van der Waals surface area contributed by atoms with Crippen molar-refractivity contribution in [2.24, 2.45) is 0 Å². The Bertz CT molecular complexity index is 934. The largest absolute Gasteiger partial charge is 0.394 e. The summed E-state index contributed by atoms with van der Waals surface area (Å²) in [7, 11) is 0. The van der Waals surface area contributed by atoms with E-state index in [-0.39, 0.29) is 12.5 Å². The highest BCUT2D eigenvalue weighted by Crippen LogP contribution is 2.16. The molecular weight excluding hydrogens is 687 g/mol. The monoisotopic (exact) mass is 782 g/mol. The van der Waals surface area contributed by atoms with Gasteiger partial charge in [-0.1, -0.05) is 242 Å². The SMILES string of the molecule is CC/C=C\C/C=C\C/C=C\C/C=C\C/C=C\CCCCCCCCCCCCCCCCCC(=O)NC(CO)C(O)CCCCCCCCCCCCCCC. The standard InChI is InChI=1S/C52H95NO3/c1-3-5-7-9-11-13-15-17-18-19-20-21-22-23-24-25-26-27-28-29-30-31-32-33-34-36-38-40-42-44-46-48-52(56)53-50(49-54)51(55)47-45-43-41-39-37-35-16-14-12-10-8-6-4-2/h5,7,11,13,17-18,20-21,23-24,50-51,54-55H,3-4,6,8-10,12,14-16,19,22,25-49H2,1-2H3,(H,53,56)/b7-5-,13-11-,18-17-,21-20-,24-23-. The Morgan fingerprint density at radius 1 is 0.446 bits per heavy atom. The van der Waals surface area contributed by atoms with Gasteiger partial charge >= 0.3 is 0 Å². The summed E-state index contributed by atoms with van der Waals surface area (Å²) in [5.74, 6) is -0.0326. The second-order valence-corrected chi connectivity index (χ2v) is 16.5. The molecule has 326 valence electrons. The molecule has 0 rings (SSSR count). The van der Waals surface area contributed by atoms with E-state index in [4.69, 9.17) is 0 Å². The molecule has 0 saturated heterocycles. The highest BCUT2D eigenvalue weighted by Gasteiger charge is 2.20. The molecule has 2 unspecified atom stereocenters. The Morgan fingerprint density at radius 2 is 0.786 bits per heavy atom. The third-order valence-electron chi connectivity index (χ3n) is 11.0. The molecule has 0 aromatic rings. The van der Waals surface area contributed by atoms with Crippen molar-refractivity contribution in [3.8, 4) is 0 Å².